The molecule has 0 spiro atoms. The molecule has 0 radical (unpaired) electrons. The van der Waals surface area contributed by atoms with Crippen LogP contribution >= 0.6 is 0 Å². The van der Waals surface area contributed by atoms with Crippen molar-refractivity contribution >= 4 is 0 Å². The van der Waals surface area contributed by atoms with Gasteiger partial charge in [0.2, 0.25) is 0 Å². The summed E-state index contributed by atoms with van der Waals surface area (Å²) >= 11 is 0. The zero-order valence-corrected chi connectivity index (χ0v) is 9.73. The molecular formula is C14H20N2. The van der Waals surface area contributed by atoms with Crippen LogP contribution in [-0.2, 0) is 6.42 Å². The molecule has 1 atom stereocenters. The van der Waals surface area contributed by atoms with Gasteiger partial charge in [0.1, 0.15) is 0 Å². The molecule has 2 N–H and O–H groups in total. The summed E-state index contributed by atoms with van der Waals surface area (Å²) in [4.78, 5) is 2.63. The maximum atomic E-state index is 5.96. The van der Waals surface area contributed by atoms with E-state index < -0.39 is 0 Å². The molecule has 2 aliphatic rings. The van der Waals surface area contributed by atoms with Crippen LogP contribution < -0.4 is 5.73 Å². The van der Waals surface area contributed by atoms with Gasteiger partial charge in [-0.1, -0.05) is 24.3 Å². The molecule has 1 aliphatic heterocycles. The monoisotopic (exact) mass is 216 g/mol. The minimum atomic E-state index is 0.438. The number of likely N-dealkylation sites (tertiary alicyclic amines) is 1. The molecule has 3 rings (SSSR count). The third-order valence-electron chi connectivity index (χ3n) is 4.12. The predicted octanol–water partition coefficient (Wildman–Crippen LogP) is 2.10. The number of piperidine rings is 1. The van der Waals surface area contributed by atoms with Crippen LogP contribution in [0.4, 0.5) is 0 Å². The zero-order valence-electron chi connectivity index (χ0n) is 9.73. The van der Waals surface area contributed by atoms with E-state index in [1.807, 2.05) is 0 Å². The number of hydrogen-bond acceptors (Lipinski definition) is 2. The van der Waals surface area contributed by atoms with Gasteiger partial charge in [-0.3, -0.25) is 4.90 Å². The fourth-order valence-corrected chi connectivity index (χ4v) is 3.15. The molecule has 0 bridgehead atoms. The minimum absolute atomic E-state index is 0.438. The van der Waals surface area contributed by atoms with Crippen molar-refractivity contribution in [3.63, 3.8) is 0 Å². The van der Waals surface area contributed by atoms with Crippen LogP contribution in [0.3, 0.4) is 0 Å². The fourth-order valence-electron chi connectivity index (χ4n) is 3.15. The quantitative estimate of drug-likeness (QED) is 0.779. The summed E-state index contributed by atoms with van der Waals surface area (Å²) in [6, 6.07) is 10.0. The first-order valence-corrected chi connectivity index (χ1v) is 6.42. The highest BCUT2D eigenvalue weighted by Crippen LogP contribution is 2.36. The molecule has 0 aromatic heterocycles. The molecule has 2 heteroatoms. The summed E-state index contributed by atoms with van der Waals surface area (Å²) in [5.41, 5.74) is 9.09. The lowest BCUT2D eigenvalue weighted by Crippen LogP contribution is -2.41. The third kappa shape index (κ3) is 1.76. The first-order chi connectivity index (χ1) is 7.84. The van der Waals surface area contributed by atoms with Crippen molar-refractivity contribution in [3.05, 3.63) is 35.4 Å². The van der Waals surface area contributed by atoms with Crippen LogP contribution in [-0.4, -0.2) is 24.0 Å². The summed E-state index contributed by atoms with van der Waals surface area (Å²) in [7, 11) is 0. The normalized spacial score (nSPS) is 26.9. The maximum absolute atomic E-state index is 5.96. The smallest absolute Gasteiger partial charge is 0.0354 e. The van der Waals surface area contributed by atoms with Gasteiger partial charge in [0.05, 0.1) is 0 Å². The molecular weight excluding hydrogens is 196 g/mol. The summed E-state index contributed by atoms with van der Waals surface area (Å²) in [6.07, 6.45) is 4.88. The van der Waals surface area contributed by atoms with Crippen molar-refractivity contribution in [2.45, 2.75) is 37.8 Å². The SMILES string of the molecule is NC1CCN(C2CCc3ccccc32)CC1. The topological polar surface area (TPSA) is 29.3 Å². The Morgan fingerprint density at radius 1 is 1.06 bits per heavy atom. The van der Waals surface area contributed by atoms with Crippen LogP contribution in [0.25, 0.3) is 0 Å². The van der Waals surface area contributed by atoms with Gasteiger partial charge < -0.3 is 5.73 Å². The minimum Gasteiger partial charge on any atom is -0.328 e. The van der Waals surface area contributed by atoms with Gasteiger partial charge in [-0.15, -0.1) is 0 Å². The van der Waals surface area contributed by atoms with Crippen molar-refractivity contribution < 1.29 is 0 Å². The Bertz CT molecular complexity index is 367. The molecule has 86 valence electrons. The van der Waals surface area contributed by atoms with Gasteiger partial charge >= 0.3 is 0 Å². The fraction of sp³-hybridized carbons (Fsp3) is 0.571. The van der Waals surface area contributed by atoms with Gasteiger partial charge in [0.15, 0.2) is 0 Å². The predicted molar refractivity (Wildman–Crippen MR) is 66.3 cm³/mol. The Hall–Kier alpha value is -0.860. The third-order valence-corrected chi connectivity index (χ3v) is 4.12. The molecule has 0 amide bonds. The van der Waals surface area contributed by atoms with Crippen molar-refractivity contribution in [2.75, 3.05) is 13.1 Å². The van der Waals surface area contributed by atoms with E-state index >= 15 is 0 Å². The van der Waals surface area contributed by atoms with E-state index in [1.165, 1.54) is 38.8 Å². The van der Waals surface area contributed by atoms with Gasteiger partial charge in [0, 0.05) is 25.2 Å². The Labute approximate surface area is 97.4 Å². The van der Waals surface area contributed by atoms with Gasteiger partial charge in [-0.05, 0) is 36.8 Å². The molecule has 16 heavy (non-hydrogen) atoms. The Balaban J connectivity index is 1.77. The second-order valence-corrected chi connectivity index (χ2v) is 5.13. The van der Waals surface area contributed by atoms with E-state index in [2.05, 4.69) is 29.2 Å². The van der Waals surface area contributed by atoms with Crippen LogP contribution in [0.5, 0.6) is 0 Å². The molecule has 1 unspecified atom stereocenters. The Kier molecular flexibility index (Phi) is 2.70. The highest BCUT2D eigenvalue weighted by atomic mass is 15.2. The first kappa shape index (κ1) is 10.3. The van der Waals surface area contributed by atoms with E-state index in [0.717, 1.165) is 0 Å². The molecule has 1 fully saturated rings. The van der Waals surface area contributed by atoms with Gasteiger partial charge in [-0.25, -0.2) is 0 Å². The second kappa shape index (κ2) is 4.19. The van der Waals surface area contributed by atoms with Crippen LogP contribution in [0, 0.1) is 0 Å². The molecule has 0 saturated carbocycles. The summed E-state index contributed by atoms with van der Waals surface area (Å²) in [5.74, 6) is 0. The highest BCUT2D eigenvalue weighted by Gasteiger charge is 2.29. The number of nitrogens with two attached hydrogens (primary N) is 1. The number of aryl methyl sites for hydroxylation is 1. The molecule has 2 nitrogen and oxygen atoms in total. The van der Waals surface area contributed by atoms with Crippen molar-refractivity contribution in [3.8, 4) is 0 Å². The van der Waals surface area contributed by atoms with Crippen LogP contribution in [0.2, 0.25) is 0 Å². The van der Waals surface area contributed by atoms with E-state index in [0.29, 0.717) is 12.1 Å². The van der Waals surface area contributed by atoms with Crippen LogP contribution in [0.1, 0.15) is 36.4 Å². The average Bonchev–Trinajstić information content (AvgIpc) is 2.74. The first-order valence-electron chi connectivity index (χ1n) is 6.42. The van der Waals surface area contributed by atoms with Gasteiger partial charge in [0.25, 0.3) is 0 Å². The van der Waals surface area contributed by atoms with Crippen LogP contribution in [0.15, 0.2) is 24.3 Å². The van der Waals surface area contributed by atoms with E-state index in [1.54, 1.807) is 11.1 Å². The Morgan fingerprint density at radius 3 is 2.62 bits per heavy atom. The second-order valence-electron chi connectivity index (χ2n) is 5.13. The molecule has 1 saturated heterocycles. The van der Waals surface area contributed by atoms with Gasteiger partial charge in [-0.2, -0.15) is 0 Å². The number of hydrogen-bond donors (Lipinski definition) is 1. The maximum Gasteiger partial charge on any atom is 0.0354 e. The number of nitrogens with zero attached hydrogens (tertiary/aromatic N) is 1. The Morgan fingerprint density at radius 2 is 1.81 bits per heavy atom. The van der Waals surface area contributed by atoms with Crippen molar-refractivity contribution in [2.24, 2.45) is 5.73 Å². The number of rotatable bonds is 1. The van der Waals surface area contributed by atoms with E-state index in [4.69, 9.17) is 5.73 Å². The van der Waals surface area contributed by atoms with Crippen molar-refractivity contribution in [1.29, 1.82) is 0 Å². The molecule has 1 heterocycles. The largest absolute Gasteiger partial charge is 0.328 e. The molecule has 1 aromatic carbocycles. The lowest BCUT2D eigenvalue weighted by Gasteiger charge is -2.35. The summed E-state index contributed by atoms with van der Waals surface area (Å²) in [5, 5.41) is 0. The lowest BCUT2D eigenvalue weighted by atomic mass is 10.0. The molecule has 1 aromatic rings. The lowest BCUT2D eigenvalue weighted by molar-refractivity contribution is 0.153. The molecule has 1 aliphatic carbocycles. The summed E-state index contributed by atoms with van der Waals surface area (Å²) < 4.78 is 0. The van der Waals surface area contributed by atoms with E-state index in [-0.39, 0.29) is 0 Å². The highest BCUT2D eigenvalue weighted by molar-refractivity contribution is 5.34. The summed E-state index contributed by atoms with van der Waals surface area (Å²) in [6.45, 7) is 2.36. The average molecular weight is 216 g/mol. The van der Waals surface area contributed by atoms with E-state index in [9.17, 15) is 0 Å². The number of fused-ring (bicyclic) bond motifs is 1. The standard InChI is InChI=1S/C14H20N2/c15-12-7-9-16(10-8-12)14-6-5-11-3-1-2-4-13(11)14/h1-4,12,14H,5-10,15H2. The number of benzene rings is 1. The zero-order chi connectivity index (χ0) is 11.0. The van der Waals surface area contributed by atoms with Crippen molar-refractivity contribution in [1.82, 2.24) is 4.90 Å².